The van der Waals surface area contributed by atoms with E-state index in [2.05, 4.69) is 52.0 Å². The highest BCUT2D eigenvalue weighted by Gasteiger charge is 2.13. The summed E-state index contributed by atoms with van der Waals surface area (Å²) in [5.41, 5.74) is 5.08. The number of hydrogen-bond donors (Lipinski definition) is 0. The molecule has 1 atom stereocenters. The molecule has 0 saturated carbocycles. The van der Waals surface area contributed by atoms with Gasteiger partial charge in [-0.15, -0.1) is 5.10 Å². The lowest BCUT2D eigenvalue weighted by Crippen LogP contribution is -2.09. The minimum absolute atomic E-state index is 0.199. The third-order valence-electron chi connectivity index (χ3n) is 4.18. The molecular weight excluding hydrogens is 304 g/mol. The van der Waals surface area contributed by atoms with Crippen molar-refractivity contribution in [1.82, 2.24) is 29.9 Å². The molecule has 0 saturated heterocycles. The first-order valence-electron chi connectivity index (χ1n) is 8.00. The Morgan fingerprint density at radius 1 is 0.958 bits per heavy atom. The van der Waals surface area contributed by atoms with Gasteiger partial charge in [-0.1, -0.05) is 20.8 Å². The highest BCUT2D eigenvalue weighted by molar-refractivity contribution is 5.69. The second kappa shape index (κ2) is 5.67. The van der Waals surface area contributed by atoms with Gasteiger partial charge in [0.1, 0.15) is 11.0 Å². The molecular formula is C17H18N6O. The highest BCUT2D eigenvalue weighted by Crippen LogP contribution is 2.21. The van der Waals surface area contributed by atoms with E-state index in [1.54, 1.807) is 4.80 Å². The maximum absolute atomic E-state index is 5.18. The van der Waals surface area contributed by atoms with Crippen molar-refractivity contribution in [1.29, 1.82) is 0 Å². The van der Waals surface area contributed by atoms with Crippen LogP contribution < -0.4 is 0 Å². The van der Waals surface area contributed by atoms with E-state index in [9.17, 15) is 0 Å². The zero-order valence-electron chi connectivity index (χ0n) is 13.8. The van der Waals surface area contributed by atoms with E-state index in [4.69, 9.17) is 4.42 Å². The van der Waals surface area contributed by atoms with Crippen LogP contribution in [0.3, 0.4) is 0 Å². The van der Waals surface area contributed by atoms with E-state index in [1.807, 2.05) is 18.5 Å². The summed E-state index contributed by atoms with van der Waals surface area (Å²) in [5.74, 6) is 0.621. The van der Waals surface area contributed by atoms with Gasteiger partial charge in [0.25, 0.3) is 0 Å². The summed E-state index contributed by atoms with van der Waals surface area (Å²) < 4.78 is 5.18. The Morgan fingerprint density at radius 2 is 1.75 bits per heavy atom. The van der Waals surface area contributed by atoms with Crippen LogP contribution in [0.1, 0.15) is 43.7 Å². The van der Waals surface area contributed by atoms with Gasteiger partial charge in [-0.05, 0) is 29.2 Å². The second-order valence-electron chi connectivity index (χ2n) is 6.37. The fraction of sp³-hybridized carbons (Fsp3) is 0.353. The first-order chi connectivity index (χ1) is 11.6. The van der Waals surface area contributed by atoms with Crippen molar-refractivity contribution in [2.45, 2.75) is 39.2 Å². The van der Waals surface area contributed by atoms with Crippen LogP contribution >= 0.6 is 0 Å². The van der Waals surface area contributed by atoms with Crippen LogP contribution in [0.25, 0.3) is 22.4 Å². The van der Waals surface area contributed by atoms with Gasteiger partial charge in [0.2, 0.25) is 11.4 Å². The van der Waals surface area contributed by atoms with E-state index < -0.39 is 0 Å². The molecule has 122 valence electrons. The van der Waals surface area contributed by atoms with Crippen molar-refractivity contribution in [3.8, 4) is 0 Å². The molecule has 0 bridgehead atoms. The number of oxazole rings is 1. The van der Waals surface area contributed by atoms with Crippen molar-refractivity contribution in [2.75, 3.05) is 0 Å². The van der Waals surface area contributed by atoms with Crippen LogP contribution in [0.15, 0.2) is 35.3 Å². The van der Waals surface area contributed by atoms with E-state index in [0.717, 1.165) is 16.6 Å². The fourth-order valence-electron chi connectivity index (χ4n) is 2.66. The predicted molar refractivity (Wildman–Crippen MR) is 89.6 cm³/mol. The van der Waals surface area contributed by atoms with Gasteiger partial charge in [0.05, 0.1) is 6.54 Å². The summed E-state index contributed by atoms with van der Waals surface area (Å²) in [6.07, 6.45) is 5.10. The van der Waals surface area contributed by atoms with Crippen LogP contribution in [-0.4, -0.2) is 29.9 Å². The van der Waals surface area contributed by atoms with E-state index in [1.165, 1.54) is 12.0 Å². The molecule has 7 heteroatoms. The largest absolute Gasteiger partial charge is 0.425 e. The quantitative estimate of drug-likeness (QED) is 0.573. The number of hydrogen-bond acceptors (Lipinski definition) is 6. The van der Waals surface area contributed by atoms with Gasteiger partial charge >= 0.3 is 0 Å². The molecule has 0 spiro atoms. The Bertz CT molecular complexity index is 1000. The summed E-state index contributed by atoms with van der Waals surface area (Å²) in [4.78, 5) is 14.6. The first kappa shape index (κ1) is 14.7. The van der Waals surface area contributed by atoms with Gasteiger partial charge in [0.15, 0.2) is 6.39 Å². The molecule has 4 aromatic rings. The van der Waals surface area contributed by atoms with Crippen molar-refractivity contribution in [3.05, 3.63) is 42.0 Å². The van der Waals surface area contributed by atoms with Crippen molar-refractivity contribution in [3.63, 3.8) is 0 Å². The number of pyridine rings is 2. The maximum atomic E-state index is 5.18. The Kier molecular flexibility index (Phi) is 3.48. The molecule has 4 rings (SSSR count). The third-order valence-corrected chi connectivity index (χ3v) is 4.18. The molecule has 24 heavy (non-hydrogen) atoms. The first-order valence-corrected chi connectivity index (χ1v) is 8.00. The van der Waals surface area contributed by atoms with Crippen molar-refractivity contribution < 1.29 is 4.42 Å². The lowest BCUT2D eigenvalue weighted by molar-refractivity contribution is 0.489. The third kappa shape index (κ3) is 2.62. The number of aromatic nitrogens is 6. The smallest absolute Gasteiger partial charge is 0.246 e. The summed E-state index contributed by atoms with van der Waals surface area (Å²) in [7, 11) is 0. The van der Waals surface area contributed by atoms with Crippen LogP contribution in [0, 0.1) is 0 Å². The molecule has 7 nitrogen and oxygen atoms in total. The average molecular weight is 322 g/mol. The van der Waals surface area contributed by atoms with Gasteiger partial charge in [-0.2, -0.15) is 9.90 Å². The molecule has 1 unspecified atom stereocenters. The molecule has 0 aliphatic heterocycles. The highest BCUT2D eigenvalue weighted by atomic mass is 16.3. The van der Waals surface area contributed by atoms with Crippen LogP contribution in [-0.2, 0) is 6.54 Å². The van der Waals surface area contributed by atoms with Crippen LogP contribution in [0.4, 0.5) is 0 Å². The normalized spacial score (nSPS) is 13.2. The predicted octanol–water partition coefficient (Wildman–Crippen LogP) is 3.29. The minimum Gasteiger partial charge on any atom is -0.425 e. The molecule has 0 amide bonds. The number of rotatable bonds is 4. The minimum atomic E-state index is 0.199. The fourth-order valence-corrected chi connectivity index (χ4v) is 2.66. The lowest BCUT2D eigenvalue weighted by atomic mass is 10.0. The van der Waals surface area contributed by atoms with E-state index in [0.29, 0.717) is 23.8 Å². The molecule has 0 N–H and O–H groups in total. The molecule has 0 aromatic carbocycles. The standard InChI is InChI=1S/C17H18N6O/c1-10(2)12-4-14-16(18-6-12)22-23(21-14)8-11(3)13-5-15-17(19-7-13)24-9-20-15/h4-7,9-11H,8H2,1-3H3. The Morgan fingerprint density at radius 3 is 2.58 bits per heavy atom. The molecule has 0 aliphatic rings. The van der Waals surface area contributed by atoms with E-state index >= 15 is 0 Å². The topological polar surface area (TPSA) is 82.5 Å². The second-order valence-corrected chi connectivity index (χ2v) is 6.37. The maximum Gasteiger partial charge on any atom is 0.246 e. The van der Waals surface area contributed by atoms with Crippen LogP contribution in [0.5, 0.6) is 0 Å². The monoisotopic (exact) mass is 322 g/mol. The summed E-state index contributed by atoms with van der Waals surface area (Å²) in [6, 6.07) is 4.05. The summed E-state index contributed by atoms with van der Waals surface area (Å²) >= 11 is 0. The summed E-state index contributed by atoms with van der Waals surface area (Å²) in [5, 5.41) is 9.03. The van der Waals surface area contributed by atoms with Crippen LogP contribution in [0.2, 0.25) is 0 Å². The summed E-state index contributed by atoms with van der Waals surface area (Å²) in [6.45, 7) is 7.05. The van der Waals surface area contributed by atoms with Crippen molar-refractivity contribution in [2.24, 2.45) is 0 Å². The molecule has 0 aliphatic carbocycles. The zero-order chi connectivity index (χ0) is 16.7. The Hall–Kier alpha value is -2.83. The average Bonchev–Trinajstić information content (AvgIpc) is 3.18. The Labute approximate surface area is 138 Å². The van der Waals surface area contributed by atoms with Gasteiger partial charge < -0.3 is 4.42 Å². The Balaban J connectivity index is 1.60. The number of nitrogens with zero attached hydrogens (tertiary/aromatic N) is 6. The van der Waals surface area contributed by atoms with Gasteiger partial charge in [-0.3, -0.25) is 0 Å². The number of fused-ring (bicyclic) bond motifs is 2. The zero-order valence-corrected chi connectivity index (χ0v) is 13.8. The SMILES string of the molecule is CC(C)c1cnc2nn(CC(C)c3cnc4ocnc4c3)nc2c1. The molecule has 0 fully saturated rings. The molecule has 0 radical (unpaired) electrons. The van der Waals surface area contributed by atoms with Gasteiger partial charge in [-0.25, -0.2) is 15.0 Å². The van der Waals surface area contributed by atoms with E-state index in [-0.39, 0.29) is 5.92 Å². The van der Waals surface area contributed by atoms with Crippen molar-refractivity contribution >= 4 is 22.4 Å². The molecule has 4 heterocycles. The lowest BCUT2D eigenvalue weighted by Gasteiger charge is -2.09. The molecule has 4 aromatic heterocycles. The van der Waals surface area contributed by atoms with Gasteiger partial charge in [0, 0.05) is 18.3 Å².